The highest BCUT2D eigenvalue weighted by Gasteiger charge is 2.29. The zero-order valence-corrected chi connectivity index (χ0v) is 23.1. The summed E-state index contributed by atoms with van der Waals surface area (Å²) >= 11 is 0. The van der Waals surface area contributed by atoms with Gasteiger partial charge in [0.15, 0.2) is 17.2 Å². The summed E-state index contributed by atoms with van der Waals surface area (Å²) in [6, 6.07) is 25.8. The number of fused-ring (bicyclic) bond motifs is 1. The van der Waals surface area contributed by atoms with Gasteiger partial charge >= 0.3 is 0 Å². The minimum absolute atomic E-state index is 0.0618. The number of aromatic nitrogens is 4. The van der Waals surface area contributed by atoms with Crippen LogP contribution in [0.15, 0.2) is 94.6 Å². The molecule has 6 aromatic rings. The summed E-state index contributed by atoms with van der Waals surface area (Å²) in [5.41, 5.74) is 10.7. The Balaban J connectivity index is 1.14. The zero-order valence-electron chi connectivity index (χ0n) is 26.1. The first-order valence-electron chi connectivity index (χ1n) is 15.4. The van der Waals surface area contributed by atoms with E-state index in [9.17, 15) is 9.59 Å². The van der Waals surface area contributed by atoms with E-state index in [1.165, 1.54) is 0 Å². The lowest BCUT2D eigenvalue weighted by atomic mass is 10.1. The van der Waals surface area contributed by atoms with E-state index in [0.29, 0.717) is 55.6 Å². The molecule has 43 heavy (non-hydrogen) atoms. The first-order chi connectivity index (χ1) is 22.2. The van der Waals surface area contributed by atoms with Gasteiger partial charge in [0.05, 0.1) is 22.4 Å². The van der Waals surface area contributed by atoms with Gasteiger partial charge in [-0.2, -0.15) is 0 Å². The van der Waals surface area contributed by atoms with Crippen molar-refractivity contribution in [2.24, 2.45) is 0 Å². The molecular weight excluding hydrogens is 542 g/mol. The van der Waals surface area contributed by atoms with E-state index in [-0.39, 0.29) is 11.4 Å². The number of nitrogens with two attached hydrogens (primary N) is 1. The first kappa shape index (κ1) is 23.2. The van der Waals surface area contributed by atoms with Crippen LogP contribution in [0.1, 0.15) is 9.68 Å². The Bertz CT molecular complexity index is 2110. The molecule has 0 saturated carbocycles. The Kier molecular flexibility index (Phi) is 5.84. The van der Waals surface area contributed by atoms with Gasteiger partial charge in [0.25, 0.3) is 10.9 Å². The van der Waals surface area contributed by atoms with Crippen molar-refractivity contribution in [2.45, 2.75) is 6.54 Å². The van der Waals surface area contributed by atoms with E-state index in [4.69, 9.17) is 24.6 Å². The number of rotatable bonds is 7. The lowest BCUT2D eigenvalue weighted by Gasteiger charge is -2.36. The summed E-state index contributed by atoms with van der Waals surface area (Å²) in [6.07, 6.45) is 1.65. The molecule has 0 bridgehead atoms. The van der Waals surface area contributed by atoms with E-state index in [1.54, 1.807) is 11.1 Å². The molecule has 1 aliphatic rings. The molecule has 3 aromatic heterocycles. The molecular formula is C33H29N7O3. The summed E-state index contributed by atoms with van der Waals surface area (Å²) in [6.45, 7) is 2.84. The van der Waals surface area contributed by atoms with Gasteiger partial charge in [-0.05, 0) is 42.0 Å². The molecule has 1 saturated heterocycles. The van der Waals surface area contributed by atoms with Crippen LogP contribution in [-0.2, 0) is 6.54 Å². The Hall–Kier alpha value is -5.35. The van der Waals surface area contributed by atoms with Gasteiger partial charge < -0.3 is 15.4 Å². The van der Waals surface area contributed by atoms with Crippen molar-refractivity contribution in [1.82, 2.24) is 24.4 Å². The van der Waals surface area contributed by atoms with Crippen LogP contribution in [0.25, 0.3) is 39.5 Å². The largest absolute Gasteiger partial charge is 0.491 e. The molecule has 0 radical (unpaired) electrons. The maximum atomic E-state index is 12.2. The number of hydrogen-bond acceptors (Lipinski definition) is 9. The lowest BCUT2D eigenvalue weighted by Crippen LogP contribution is -2.50. The SMILES string of the molecule is [2H]C([2H])([2H])Oc1c(N2CCN(Cc3ccc(-n4c(-c5cccnc5N)nc5ccc(-c6ccccc6)nc54)cc3)CC2)c(=O)c1=O. The Morgan fingerprint density at radius 1 is 0.884 bits per heavy atom. The van der Waals surface area contributed by atoms with Gasteiger partial charge in [-0.3, -0.25) is 19.1 Å². The van der Waals surface area contributed by atoms with E-state index in [0.717, 1.165) is 28.0 Å². The highest BCUT2D eigenvalue weighted by atomic mass is 16.5. The number of benzene rings is 2. The highest BCUT2D eigenvalue weighted by molar-refractivity contribution is 5.84. The Morgan fingerprint density at radius 3 is 2.42 bits per heavy atom. The summed E-state index contributed by atoms with van der Waals surface area (Å²) in [7, 11) is -2.79. The molecule has 0 atom stereocenters. The number of nitrogen functional groups attached to an aromatic ring is 1. The summed E-state index contributed by atoms with van der Waals surface area (Å²) in [5.74, 6) is 0.653. The van der Waals surface area contributed by atoms with Crippen LogP contribution in [0.4, 0.5) is 11.5 Å². The van der Waals surface area contributed by atoms with Crippen molar-refractivity contribution in [3.05, 3.63) is 111 Å². The van der Waals surface area contributed by atoms with E-state index < -0.39 is 17.9 Å². The molecule has 214 valence electrons. The molecule has 1 fully saturated rings. The van der Waals surface area contributed by atoms with Crippen molar-refractivity contribution in [3.63, 3.8) is 0 Å². The van der Waals surface area contributed by atoms with Crippen LogP contribution in [0.3, 0.4) is 0 Å². The maximum Gasteiger partial charge on any atom is 0.272 e. The average molecular weight is 575 g/mol. The monoisotopic (exact) mass is 574 g/mol. The summed E-state index contributed by atoms with van der Waals surface area (Å²) in [5, 5.41) is 0. The van der Waals surface area contributed by atoms with Crippen molar-refractivity contribution < 1.29 is 8.85 Å². The van der Waals surface area contributed by atoms with Crippen LogP contribution in [0.5, 0.6) is 5.75 Å². The molecule has 0 aliphatic carbocycles. The molecule has 7 rings (SSSR count). The fraction of sp³-hybridized carbons (Fsp3) is 0.182. The van der Waals surface area contributed by atoms with Crippen LogP contribution in [0, 0.1) is 0 Å². The van der Waals surface area contributed by atoms with Gasteiger partial charge in [0, 0.05) is 50.2 Å². The zero-order chi connectivity index (χ0) is 32.0. The molecule has 3 aromatic carbocycles. The lowest BCUT2D eigenvalue weighted by molar-refractivity contribution is 0.248. The number of methoxy groups -OCH3 is 1. The van der Waals surface area contributed by atoms with Gasteiger partial charge in [-0.25, -0.2) is 15.0 Å². The van der Waals surface area contributed by atoms with Crippen molar-refractivity contribution in [1.29, 1.82) is 0 Å². The maximum absolute atomic E-state index is 12.2. The second-order valence-electron chi connectivity index (χ2n) is 10.5. The third-order valence-electron chi connectivity index (χ3n) is 7.89. The van der Waals surface area contributed by atoms with E-state index >= 15 is 0 Å². The Morgan fingerprint density at radius 2 is 1.67 bits per heavy atom. The molecule has 4 heterocycles. The first-order valence-corrected chi connectivity index (χ1v) is 13.9. The average Bonchev–Trinajstić information content (AvgIpc) is 3.44. The quantitative estimate of drug-likeness (QED) is 0.285. The van der Waals surface area contributed by atoms with Gasteiger partial charge in [0.2, 0.25) is 0 Å². The van der Waals surface area contributed by atoms with Gasteiger partial charge in [-0.15, -0.1) is 0 Å². The number of anilines is 2. The molecule has 1 aliphatic heterocycles. The topological polar surface area (TPSA) is 119 Å². The summed E-state index contributed by atoms with van der Waals surface area (Å²) < 4.78 is 28.7. The summed E-state index contributed by atoms with van der Waals surface area (Å²) in [4.78, 5) is 42.4. The predicted molar refractivity (Wildman–Crippen MR) is 167 cm³/mol. The van der Waals surface area contributed by atoms with Crippen molar-refractivity contribution in [2.75, 3.05) is 43.9 Å². The molecule has 10 heteroatoms. The standard InChI is InChI=1S/C33H29N7O3/c1-43-30-27(28(41)29(30)42)39-18-16-38(17-19-39)20-21-9-11-23(12-10-21)40-32(24-8-5-15-35-31(24)34)37-26-14-13-25(36-33(26)40)22-6-3-2-4-7-22/h2-15H,16-20H2,1H3,(H2,34,35)/i1D3. The third-order valence-corrected chi connectivity index (χ3v) is 7.89. The minimum Gasteiger partial charge on any atom is -0.491 e. The number of piperazine rings is 1. The minimum atomic E-state index is -2.79. The third kappa shape index (κ3) is 4.71. The second kappa shape index (κ2) is 10.8. The van der Waals surface area contributed by atoms with Crippen LogP contribution in [0.2, 0.25) is 0 Å². The van der Waals surface area contributed by atoms with Crippen LogP contribution >= 0.6 is 0 Å². The number of imidazole rings is 1. The number of ether oxygens (including phenoxy) is 1. The fourth-order valence-electron chi connectivity index (χ4n) is 5.64. The second-order valence-corrected chi connectivity index (χ2v) is 10.5. The normalized spacial score (nSPS) is 15.3. The Labute approximate surface area is 251 Å². The van der Waals surface area contributed by atoms with Crippen molar-refractivity contribution in [3.8, 4) is 34.1 Å². The number of pyridine rings is 2. The van der Waals surface area contributed by atoms with E-state index in [1.807, 2.05) is 71.3 Å². The molecule has 10 nitrogen and oxygen atoms in total. The van der Waals surface area contributed by atoms with Crippen LogP contribution in [-0.4, -0.2) is 57.6 Å². The molecule has 0 unspecified atom stereocenters. The fourth-order valence-corrected chi connectivity index (χ4v) is 5.64. The van der Waals surface area contributed by atoms with Gasteiger partial charge in [0.1, 0.15) is 17.0 Å². The highest BCUT2D eigenvalue weighted by Crippen LogP contribution is 2.32. The number of nitrogens with zero attached hydrogens (tertiary/aromatic N) is 6. The predicted octanol–water partition coefficient (Wildman–Crippen LogP) is 3.66. The van der Waals surface area contributed by atoms with Gasteiger partial charge in [-0.1, -0.05) is 42.5 Å². The molecule has 0 spiro atoms. The molecule has 0 amide bonds. The molecule has 2 N–H and O–H groups in total. The van der Waals surface area contributed by atoms with Crippen LogP contribution < -0.4 is 26.2 Å². The number of hydrogen-bond donors (Lipinski definition) is 1. The smallest absolute Gasteiger partial charge is 0.272 e. The van der Waals surface area contributed by atoms with E-state index in [2.05, 4.69) is 22.0 Å². The van der Waals surface area contributed by atoms with Crippen molar-refractivity contribution >= 4 is 22.7 Å².